The van der Waals surface area contributed by atoms with Crippen molar-refractivity contribution in [2.45, 2.75) is 48.9 Å². The molecule has 2 N–H and O–H groups in total. The first-order valence-corrected chi connectivity index (χ1v) is 18.7. The second-order valence-electron chi connectivity index (χ2n) is 14.6. The quantitative estimate of drug-likeness (QED) is 0.0597. The molecule has 0 aliphatic carbocycles. The molecule has 2 aliphatic heterocycles. The van der Waals surface area contributed by atoms with Crippen molar-refractivity contribution < 1.29 is 112 Å². The van der Waals surface area contributed by atoms with Gasteiger partial charge in [0.1, 0.15) is 22.6 Å². The summed E-state index contributed by atoms with van der Waals surface area (Å²) in [6.07, 6.45) is -34.6. The molecule has 0 unspecified atom stereocenters. The predicted molar refractivity (Wildman–Crippen MR) is 216 cm³/mol. The van der Waals surface area contributed by atoms with Crippen LogP contribution in [-0.2, 0) is 19.5 Å². The SMILES string of the molecule is FC(F)(F)C(F)(F)[N+](C(F)(F)C(F)(F)F)(C(F)(F)C(F)(F)F)C(F)(F)C(F)(F)F.I.[Zn].c1ccc2c(c1)-c1nc-2nc2[nH]c(nc3nc(nc4[nH]c(n1)c1ccccc41)-c1ccccc1-3)c1ccccc21. The summed E-state index contributed by atoms with van der Waals surface area (Å²) in [5.41, 5.74) is 6.45. The van der Waals surface area contributed by atoms with Gasteiger partial charge in [0, 0.05) is 63.3 Å². The summed E-state index contributed by atoms with van der Waals surface area (Å²) in [4.78, 5) is 36.8. The second-order valence-corrected chi connectivity index (χ2v) is 14.6. The van der Waals surface area contributed by atoms with Crippen LogP contribution in [0.5, 0.6) is 0 Å². The number of fused-ring (bicyclic) bond motifs is 20. The molecule has 9 rings (SSSR count). The molecule has 7 aromatic rings. The number of benzene rings is 4. The Hall–Kier alpha value is -5.85. The third-order valence-electron chi connectivity index (χ3n) is 10.5. The van der Waals surface area contributed by atoms with Crippen LogP contribution in [0.3, 0.4) is 0 Å². The van der Waals surface area contributed by atoms with Gasteiger partial charge in [-0.1, -0.05) is 97.1 Å². The van der Waals surface area contributed by atoms with Crippen LogP contribution in [0.2, 0.25) is 0 Å². The van der Waals surface area contributed by atoms with E-state index in [4.69, 9.17) is 29.9 Å². The van der Waals surface area contributed by atoms with E-state index in [1.165, 1.54) is 0 Å². The molecular weight excluding hydrogens is 1180 g/mol. The summed E-state index contributed by atoms with van der Waals surface area (Å²) < 4.78 is 244. The van der Waals surface area contributed by atoms with Gasteiger partial charge in [-0.05, 0) is 4.48 Å². The van der Waals surface area contributed by atoms with Crippen LogP contribution in [0.25, 0.3) is 89.7 Å². The number of nitrogens with zero attached hydrogens (tertiary/aromatic N) is 7. The maximum Gasteiger partial charge on any atom is 0.515 e. The standard InChI is InChI=1S/C32H18N8.C8F20N.HI.Zn/c1-2-10-18-17(9-1)25-33-26(18)38-28-21-13-5-6-14-22(21)30(35-28)40-32-24-16-8-7-15-23(24)31(36-32)39-29-20-12-4-3-11-19(20)27(34-29)37-25;9-1(10,11)5(21,22)29(6(23,24)2(12,13)14,7(25,26)3(15,16)17)8(27,28)4(18,19)20;;/h1-16H,(H2,33,34,35,36,37,38,39,40);;1H;/q;+1;;. The van der Waals surface area contributed by atoms with Crippen molar-refractivity contribution in [1.82, 2.24) is 39.9 Å². The van der Waals surface area contributed by atoms with Gasteiger partial charge in [-0.25, -0.2) is 29.9 Å². The molecule has 31 heteroatoms. The average Bonchev–Trinajstić information content (AvgIpc) is 3.98. The van der Waals surface area contributed by atoms with Gasteiger partial charge >= 0.3 is 48.9 Å². The Balaban J connectivity index is 0.000000240. The van der Waals surface area contributed by atoms with Crippen molar-refractivity contribution in [1.29, 1.82) is 0 Å². The molecule has 71 heavy (non-hydrogen) atoms. The van der Waals surface area contributed by atoms with Crippen LogP contribution in [0, 0.1) is 0 Å². The van der Waals surface area contributed by atoms with Crippen LogP contribution in [0.4, 0.5) is 87.8 Å². The fourth-order valence-electron chi connectivity index (χ4n) is 7.41. The zero-order valence-electron chi connectivity index (χ0n) is 34.0. The molecule has 4 aromatic carbocycles. The molecule has 372 valence electrons. The van der Waals surface area contributed by atoms with E-state index in [1.54, 1.807) is 0 Å². The minimum Gasteiger partial charge on any atom is -0.324 e. The van der Waals surface area contributed by atoms with Gasteiger partial charge in [-0.2, -0.15) is 52.7 Å². The molecule has 0 amide bonds. The van der Waals surface area contributed by atoms with Crippen LogP contribution in [0.1, 0.15) is 0 Å². The van der Waals surface area contributed by atoms with E-state index in [9.17, 15) is 87.8 Å². The van der Waals surface area contributed by atoms with Gasteiger partial charge < -0.3 is 9.97 Å². The number of nitrogens with one attached hydrogen (secondary N) is 2. The first kappa shape index (κ1) is 54.5. The summed E-state index contributed by atoms with van der Waals surface area (Å²) in [7, 11) is 0. The van der Waals surface area contributed by atoms with Crippen LogP contribution in [-0.4, -0.2) is 93.2 Å². The van der Waals surface area contributed by atoms with E-state index >= 15 is 0 Å². The molecule has 0 fully saturated rings. The summed E-state index contributed by atoms with van der Waals surface area (Å²) in [5.74, 6) is 2.39. The molecule has 5 heterocycles. The smallest absolute Gasteiger partial charge is 0.324 e. The van der Waals surface area contributed by atoms with Crippen LogP contribution >= 0.6 is 24.0 Å². The normalized spacial score (nSPS) is 13.7. The molecule has 0 radical (unpaired) electrons. The first-order valence-electron chi connectivity index (χ1n) is 18.7. The fourth-order valence-corrected chi connectivity index (χ4v) is 7.41. The van der Waals surface area contributed by atoms with Crippen molar-refractivity contribution in [3.8, 4) is 45.6 Å². The van der Waals surface area contributed by atoms with Crippen molar-refractivity contribution in [2.24, 2.45) is 0 Å². The molecule has 3 aromatic heterocycles. The Kier molecular flexibility index (Phi) is 13.6. The number of aromatic nitrogens is 8. The maximum atomic E-state index is 13.2. The van der Waals surface area contributed by atoms with Gasteiger partial charge in [0.05, 0.1) is 0 Å². The van der Waals surface area contributed by atoms with E-state index < -0.39 is 53.4 Å². The summed E-state index contributed by atoms with van der Waals surface area (Å²) in [6.45, 7) is 0. The minimum absolute atomic E-state index is 0. The number of hydrogen-bond acceptors (Lipinski definition) is 6. The Morgan fingerprint density at radius 3 is 0.662 bits per heavy atom. The summed E-state index contributed by atoms with van der Waals surface area (Å²) >= 11 is 0. The van der Waals surface area contributed by atoms with Crippen LogP contribution < -0.4 is 0 Å². The van der Waals surface area contributed by atoms with E-state index in [2.05, 4.69) is 9.97 Å². The molecule has 9 nitrogen and oxygen atoms in total. The number of H-pyrrole nitrogens is 2. The number of rotatable bonds is 4. The number of hydrogen-bond donors (Lipinski definition) is 2. The largest absolute Gasteiger partial charge is 0.515 e. The van der Waals surface area contributed by atoms with E-state index in [0.29, 0.717) is 45.9 Å². The molecule has 8 bridgehead atoms. The molecule has 0 atom stereocenters. The summed E-state index contributed by atoms with van der Waals surface area (Å²) in [5, 5.41) is 3.82. The number of aromatic amines is 2. The Morgan fingerprint density at radius 1 is 0.296 bits per heavy atom. The number of halogens is 21. The number of alkyl halides is 20. The van der Waals surface area contributed by atoms with Gasteiger partial charge in [0.15, 0.2) is 23.3 Å². The summed E-state index contributed by atoms with van der Waals surface area (Å²) in [6, 6.07) is -5.35. The van der Waals surface area contributed by atoms with E-state index in [1.807, 2.05) is 97.1 Å². The second kappa shape index (κ2) is 17.7. The molecule has 2 aliphatic rings. The molecule has 0 saturated carbocycles. The van der Waals surface area contributed by atoms with Gasteiger partial charge in [-0.3, -0.25) is 0 Å². The third-order valence-corrected chi connectivity index (χ3v) is 10.5. The monoisotopic (exact) mass is 1200 g/mol. The topological polar surface area (TPSA) is 109 Å². The van der Waals surface area contributed by atoms with Crippen molar-refractivity contribution in [3.63, 3.8) is 0 Å². The third kappa shape index (κ3) is 8.17. The first-order chi connectivity index (χ1) is 31.8. The van der Waals surface area contributed by atoms with Crippen molar-refractivity contribution >= 4 is 68.1 Å². The molecular formula is C40H19F20IN9Zn+. The van der Waals surface area contributed by atoms with Gasteiger partial charge in [-0.15, -0.1) is 59.1 Å². The molecule has 0 saturated heterocycles. The van der Waals surface area contributed by atoms with Gasteiger partial charge in [0.25, 0.3) is 0 Å². The minimum atomic E-state index is -9.40. The van der Waals surface area contributed by atoms with Crippen LogP contribution in [0.15, 0.2) is 97.1 Å². The zero-order chi connectivity index (χ0) is 50.7. The fraction of sp³-hybridized carbons (Fsp3) is 0.200. The maximum absolute atomic E-state index is 13.2. The van der Waals surface area contributed by atoms with E-state index in [0.717, 1.165) is 43.8 Å². The predicted octanol–water partition coefficient (Wildman–Crippen LogP) is 13.9. The average molecular weight is 1200 g/mol. The molecule has 0 spiro atoms. The Bertz CT molecular complexity index is 2920. The van der Waals surface area contributed by atoms with E-state index in [-0.39, 0.29) is 43.5 Å². The van der Waals surface area contributed by atoms with Crippen molar-refractivity contribution in [3.05, 3.63) is 97.1 Å². The van der Waals surface area contributed by atoms with Crippen molar-refractivity contribution in [2.75, 3.05) is 0 Å². The zero-order valence-corrected chi connectivity index (χ0v) is 39.3. The Labute approximate surface area is 409 Å². The Morgan fingerprint density at radius 2 is 0.479 bits per heavy atom. The number of quaternary nitrogens is 1. The van der Waals surface area contributed by atoms with Gasteiger partial charge in [0.2, 0.25) is 0 Å².